The van der Waals surface area contributed by atoms with Crippen LogP contribution in [0.5, 0.6) is 0 Å². The van der Waals surface area contributed by atoms with Gasteiger partial charge in [-0.3, -0.25) is 0 Å². The predicted molar refractivity (Wildman–Crippen MR) is 85.1 cm³/mol. The number of fused-ring (bicyclic) bond motifs is 2. The lowest BCUT2D eigenvalue weighted by molar-refractivity contribution is 0.0697. The van der Waals surface area contributed by atoms with Gasteiger partial charge < -0.3 is 10.4 Å². The zero-order valence-corrected chi connectivity index (χ0v) is 13.5. The largest absolute Gasteiger partial charge is 0.478 e. The van der Waals surface area contributed by atoms with Crippen molar-refractivity contribution in [1.29, 1.82) is 0 Å². The summed E-state index contributed by atoms with van der Waals surface area (Å²) in [7, 11) is 0. The Balaban J connectivity index is 1.90. The molecule has 0 heterocycles. The van der Waals surface area contributed by atoms with Gasteiger partial charge in [0, 0.05) is 11.7 Å². The monoisotopic (exact) mass is 307 g/mol. The quantitative estimate of drug-likeness (QED) is 0.853. The third kappa shape index (κ3) is 2.22. The third-order valence-electron chi connectivity index (χ3n) is 5.78. The first-order valence-electron chi connectivity index (χ1n) is 7.53. The molecule has 0 amide bonds. The molecule has 1 aromatic carbocycles. The van der Waals surface area contributed by atoms with Gasteiger partial charge in [0.1, 0.15) is 0 Å². The van der Waals surface area contributed by atoms with Crippen molar-refractivity contribution in [3.05, 3.63) is 28.8 Å². The van der Waals surface area contributed by atoms with E-state index in [1.54, 1.807) is 12.1 Å². The molecule has 2 aliphatic carbocycles. The van der Waals surface area contributed by atoms with Crippen LogP contribution >= 0.6 is 11.6 Å². The van der Waals surface area contributed by atoms with E-state index >= 15 is 0 Å². The topological polar surface area (TPSA) is 49.3 Å². The highest BCUT2D eigenvalue weighted by Gasteiger charge is 2.59. The minimum atomic E-state index is -0.984. The molecular formula is C17H22ClNO2. The fourth-order valence-electron chi connectivity index (χ4n) is 4.61. The lowest BCUT2D eigenvalue weighted by Gasteiger charge is -2.43. The van der Waals surface area contributed by atoms with E-state index in [0.717, 1.165) is 11.6 Å². The first kappa shape index (κ1) is 14.7. The molecule has 0 spiro atoms. The normalized spacial score (nSPS) is 33.1. The molecule has 0 aromatic heterocycles. The van der Waals surface area contributed by atoms with Crippen molar-refractivity contribution in [2.75, 3.05) is 5.32 Å². The summed E-state index contributed by atoms with van der Waals surface area (Å²) in [5, 5.41) is 13.1. The number of carbonyl (C=O) groups is 1. The number of anilines is 1. The molecule has 2 fully saturated rings. The van der Waals surface area contributed by atoms with Crippen LogP contribution in [0.3, 0.4) is 0 Å². The molecule has 114 valence electrons. The Morgan fingerprint density at radius 1 is 1.38 bits per heavy atom. The summed E-state index contributed by atoms with van der Waals surface area (Å²) in [6.45, 7) is 7.01. The molecule has 0 radical (unpaired) electrons. The molecule has 4 heteroatoms. The third-order valence-corrected chi connectivity index (χ3v) is 6.11. The number of rotatable bonds is 3. The summed E-state index contributed by atoms with van der Waals surface area (Å²) in [4.78, 5) is 11.2. The van der Waals surface area contributed by atoms with Crippen LogP contribution < -0.4 is 5.32 Å². The van der Waals surface area contributed by atoms with Crippen molar-refractivity contribution in [2.45, 2.75) is 46.1 Å². The zero-order chi connectivity index (χ0) is 15.4. The second kappa shape index (κ2) is 4.64. The van der Waals surface area contributed by atoms with Crippen molar-refractivity contribution in [2.24, 2.45) is 16.7 Å². The van der Waals surface area contributed by atoms with E-state index in [-0.39, 0.29) is 16.0 Å². The fraction of sp³-hybridized carbons (Fsp3) is 0.588. The fourth-order valence-corrected chi connectivity index (χ4v) is 4.81. The molecule has 0 saturated heterocycles. The molecule has 2 N–H and O–H groups in total. The molecule has 3 rings (SSSR count). The number of aromatic carboxylic acids is 1. The number of nitrogens with one attached hydrogen (secondary N) is 1. The van der Waals surface area contributed by atoms with Crippen LogP contribution in [0.1, 0.15) is 50.4 Å². The van der Waals surface area contributed by atoms with Gasteiger partial charge in [-0.1, -0.05) is 32.4 Å². The summed E-state index contributed by atoms with van der Waals surface area (Å²) >= 11 is 5.95. The highest BCUT2D eigenvalue weighted by atomic mass is 35.5. The Labute approximate surface area is 130 Å². The number of carboxylic acid groups (broad SMARTS) is 1. The minimum absolute atomic E-state index is 0.160. The maximum Gasteiger partial charge on any atom is 0.337 e. The van der Waals surface area contributed by atoms with Gasteiger partial charge in [0.05, 0.1) is 10.6 Å². The first-order chi connectivity index (χ1) is 9.74. The molecular weight excluding hydrogens is 286 g/mol. The molecule has 3 atom stereocenters. The molecule has 1 aromatic rings. The average Bonchev–Trinajstić information content (AvgIpc) is 2.87. The molecule has 2 bridgehead atoms. The smallest absolute Gasteiger partial charge is 0.337 e. The Morgan fingerprint density at radius 3 is 2.67 bits per heavy atom. The average molecular weight is 308 g/mol. The molecule has 1 unspecified atom stereocenters. The van der Waals surface area contributed by atoms with Gasteiger partial charge in [-0.15, -0.1) is 0 Å². The lowest BCUT2D eigenvalue weighted by Crippen LogP contribution is -2.45. The van der Waals surface area contributed by atoms with E-state index in [1.165, 1.54) is 19.3 Å². The number of hydrogen-bond donors (Lipinski definition) is 2. The van der Waals surface area contributed by atoms with Crippen molar-refractivity contribution in [3.63, 3.8) is 0 Å². The number of hydrogen-bond acceptors (Lipinski definition) is 2. The van der Waals surface area contributed by atoms with Crippen LogP contribution in [0, 0.1) is 16.7 Å². The summed E-state index contributed by atoms with van der Waals surface area (Å²) in [5.74, 6) is -0.228. The summed E-state index contributed by atoms with van der Waals surface area (Å²) in [5.41, 5.74) is 1.55. The van der Waals surface area contributed by atoms with Gasteiger partial charge in [0.15, 0.2) is 0 Å². The summed E-state index contributed by atoms with van der Waals surface area (Å²) in [6.07, 6.45) is 3.82. The Kier molecular flexibility index (Phi) is 3.25. The maximum absolute atomic E-state index is 11.2. The van der Waals surface area contributed by atoms with Crippen molar-refractivity contribution in [1.82, 2.24) is 0 Å². The predicted octanol–water partition coefficient (Wildman–Crippen LogP) is 4.66. The molecule has 2 saturated carbocycles. The minimum Gasteiger partial charge on any atom is -0.478 e. The number of benzene rings is 1. The first-order valence-corrected chi connectivity index (χ1v) is 7.91. The van der Waals surface area contributed by atoms with E-state index in [0.29, 0.717) is 11.5 Å². The van der Waals surface area contributed by atoms with Gasteiger partial charge in [-0.25, -0.2) is 4.79 Å². The SMILES string of the molecule is CC1(C)C(Nc2ccc(Cl)c(C(=O)O)c2)[C@]2(C)CC[C@H]1C2. The Morgan fingerprint density at radius 2 is 2.10 bits per heavy atom. The van der Waals surface area contributed by atoms with Gasteiger partial charge in [0.25, 0.3) is 0 Å². The Bertz CT molecular complexity index is 594. The van der Waals surface area contributed by atoms with Crippen LogP contribution in [0.2, 0.25) is 5.02 Å². The summed E-state index contributed by atoms with van der Waals surface area (Å²) < 4.78 is 0. The highest BCUT2D eigenvalue weighted by Crippen LogP contribution is 2.63. The van der Waals surface area contributed by atoms with Crippen LogP contribution in [-0.4, -0.2) is 17.1 Å². The maximum atomic E-state index is 11.2. The second-order valence-corrected chi connectivity index (χ2v) is 7.90. The van der Waals surface area contributed by atoms with Crippen molar-refractivity contribution >= 4 is 23.3 Å². The molecule has 3 nitrogen and oxygen atoms in total. The van der Waals surface area contributed by atoms with Gasteiger partial charge in [-0.05, 0) is 54.2 Å². The molecule has 0 aliphatic heterocycles. The second-order valence-electron chi connectivity index (χ2n) is 7.49. The Hall–Kier alpha value is -1.22. The van der Waals surface area contributed by atoms with Crippen LogP contribution in [0.4, 0.5) is 5.69 Å². The van der Waals surface area contributed by atoms with Gasteiger partial charge in [-0.2, -0.15) is 0 Å². The lowest BCUT2D eigenvalue weighted by atomic mass is 9.68. The van der Waals surface area contributed by atoms with E-state index in [9.17, 15) is 9.90 Å². The van der Waals surface area contributed by atoms with Crippen LogP contribution in [-0.2, 0) is 0 Å². The highest BCUT2D eigenvalue weighted by molar-refractivity contribution is 6.33. The van der Waals surface area contributed by atoms with Crippen molar-refractivity contribution < 1.29 is 9.90 Å². The summed E-state index contributed by atoms with van der Waals surface area (Å²) in [6, 6.07) is 5.55. The standard InChI is InChI=1S/C17H22ClNO2/c1-16(2)10-6-7-17(3,9-10)15(16)19-11-4-5-13(18)12(8-11)14(20)21/h4-5,8,10,15,19H,6-7,9H2,1-3H3,(H,20,21)/t10-,15?,17+/m0/s1. The van der Waals surface area contributed by atoms with E-state index in [1.807, 2.05) is 6.07 Å². The molecule has 21 heavy (non-hydrogen) atoms. The zero-order valence-electron chi connectivity index (χ0n) is 12.7. The van der Waals surface area contributed by atoms with E-state index in [4.69, 9.17) is 11.6 Å². The van der Waals surface area contributed by atoms with Gasteiger partial charge >= 0.3 is 5.97 Å². The molecule has 2 aliphatic rings. The number of halogens is 1. The van der Waals surface area contributed by atoms with Crippen LogP contribution in [0.15, 0.2) is 18.2 Å². The van der Waals surface area contributed by atoms with Crippen molar-refractivity contribution in [3.8, 4) is 0 Å². The van der Waals surface area contributed by atoms with E-state index < -0.39 is 5.97 Å². The van der Waals surface area contributed by atoms with Gasteiger partial charge in [0.2, 0.25) is 0 Å². The number of carboxylic acids is 1. The van der Waals surface area contributed by atoms with Crippen LogP contribution in [0.25, 0.3) is 0 Å². The van der Waals surface area contributed by atoms with E-state index in [2.05, 4.69) is 26.1 Å².